The lowest BCUT2D eigenvalue weighted by atomic mass is 9.92. The summed E-state index contributed by atoms with van der Waals surface area (Å²) >= 11 is 0. The number of amides is 2. The van der Waals surface area contributed by atoms with Crippen LogP contribution in [-0.2, 0) is 25.7 Å². The fourth-order valence-corrected chi connectivity index (χ4v) is 4.32. The van der Waals surface area contributed by atoms with E-state index < -0.39 is 0 Å². The molecule has 0 unspecified atom stereocenters. The number of nitrogens with zero attached hydrogens (tertiary/aromatic N) is 1. The molecule has 0 saturated carbocycles. The van der Waals surface area contributed by atoms with Gasteiger partial charge < -0.3 is 20.3 Å². The van der Waals surface area contributed by atoms with E-state index in [4.69, 9.17) is 4.74 Å². The van der Waals surface area contributed by atoms with Gasteiger partial charge >= 0.3 is 5.97 Å². The van der Waals surface area contributed by atoms with Crippen LogP contribution >= 0.6 is 12.4 Å². The molecular weight excluding hydrogens is 430 g/mol. The number of benzene rings is 1. The number of hydrogen-bond acceptors (Lipinski definition) is 5. The fraction of sp³-hybridized carbons (Fsp3) is 0.625. The normalized spacial score (nSPS) is 19.0. The van der Waals surface area contributed by atoms with Gasteiger partial charge in [0.05, 0.1) is 12.3 Å². The van der Waals surface area contributed by atoms with Gasteiger partial charge in [0.2, 0.25) is 11.8 Å². The van der Waals surface area contributed by atoms with Crippen LogP contribution in [0, 0.1) is 11.8 Å². The van der Waals surface area contributed by atoms with Crippen LogP contribution in [0.1, 0.15) is 50.5 Å². The first-order valence-corrected chi connectivity index (χ1v) is 11.6. The molecule has 0 aliphatic carbocycles. The lowest BCUT2D eigenvalue weighted by Gasteiger charge is -2.32. The molecule has 2 N–H and O–H groups in total. The lowest BCUT2D eigenvalue weighted by molar-refractivity contribution is -0.144. The number of carbonyl (C=O) groups is 3. The zero-order valence-electron chi connectivity index (χ0n) is 18.7. The Morgan fingerprint density at radius 2 is 1.81 bits per heavy atom. The number of rotatable bonds is 9. The number of carbonyl (C=O) groups excluding carboxylic acids is 3. The van der Waals surface area contributed by atoms with Gasteiger partial charge in [-0.25, -0.2) is 0 Å². The molecule has 3 rings (SSSR count). The average molecular weight is 466 g/mol. The van der Waals surface area contributed by atoms with Crippen LogP contribution < -0.4 is 10.6 Å². The van der Waals surface area contributed by atoms with Crippen molar-refractivity contribution in [1.82, 2.24) is 15.5 Å². The number of esters is 1. The van der Waals surface area contributed by atoms with Crippen molar-refractivity contribution >= 4 is 30.2 Å². The van der Waals surface area contributed by atoms with E-state index in [1.54, 1.807) is 0 Å². The maximum absolute atomic E-state index is 12.6. The molecule has 7 nitrogen and oxygen atoms in total. The highest BCUT2D eigenvalue weighted by molar-refractivity contribution is 5.85. The van der Waals surface area contributed by atoms with Crippen molar-refractivity contribution in [2.45, 2.75) is 51.6 Å². The van der Waals surface area contributed by atoms with Gasteiger partial charge in [-0.3, -0.25) is 14.4 Å². The third-order valence-electron chi connectivity index (χ3n) is 6.24. The van der Waals surface area contributed by atoms with E-state index in [1.807, 2.05) is 35.2 Å². The largest absolute Gasteiger partial charge is 0.461 e. The summed E-state index contributed by atoms with van der Waals surface area (Å²) in [6, 6.07) is 9.51. The summed E-state index contributed by atoms with van der Waals surface area (Å²) in [7, 11) is 0. The van der Waals surface area contributed by atoms with Crippen molar-refractivity contribution in [3.8, 4) is 0 Å². The maximum Gasteiger partial charge on any atom is 0.307 e. The molecule has 0 bridgehead atoms. The molecule has 0 aromatic heterocycles. The summed E-state index contributed by atoms with van der Waals surface area (Å²) < 4.78 is 5.23. The number of piperidine rings is 2. The smallest absolute Gasteiger partial charge is 0.307 e. The van der Waals surface area contributed by atoms with Gasteiger partial charge in [0, 0.05) is 26.1 Å². The Kier molecular flexibility index (Phi) is 11.5. The molecule has 8 heteroatoms. The summed E-state index contributed by atoms with van der Waals surface area (Å²) in [5.74, 6) is 0.197. The third kappa shape index (κ3) is 8.79. The summed E-state index contributed by atoms with van der Waals surface area (Å²) in [6.07, 6.45) is 5.58. The van der Waals surface area contributed by atoms with Crippen LogP contribution in [0.3, 0.4) is 0 Å². The second kappa shape index (κ2) is 14.1. The van der Waals surface area contributed by atoms with E-state index in [-0.39, 0.29) is 55.7 Å². The predicted octanol–water partition coefficient (Wildman–Crippen LogP) is 2.68. The van der Waals surface area contributed by atoms with E-state index >= 15 is 0 Å². The first-order chi connectivity index (χ1) is 15.1. The molecule has 1 aromatic rings. The monoisotopic (exact) mass is 465 g/mol. The average Bonchev–Trinajstić information content (AvgIpc) is 2.82. The quantitative estimate of drug-likeness (QED) is 0.547. The molecule has 0 radical (unpaired) electrons. The first-order valence-electron chi connectivity index (χ1n) is 11.6. The molecule has 32 heavy (non-hydrogen) atoms. The van der Waals surface area contributed by atoms with Crippen LogP contribution in [0.2, 0.25) is 0 Å². The highest BCUT2D eigenvalue weighted by Crippen LogP contribution is 2.21. The zero-order valence-corrected chi connectivity index (χ0v) is 19.5. The van der Waals surface area contributed by atoms with Crippen molar-refractivity contribution in [3.63, 3.8) is 0 Å². The minimum absolute atomic E-state index is 0. The van der Waals surface area contributed by atoms with E-state index in [0.717, 1.165) is 57.3 Å². The number of nitrogens with one attached hydrogen (secondary N) is 2. The Hall–Kier alpha value is -2.12. The summed E-state index contributed by atoms with van der Waals surface area (Å²) in [5.41, 5.74) is 0.937. The minimum Gasteiger partial charge on any atom is -0.461 e. The maximum atomic E-state index is 12.6. The first kappa shape index (κ1) is 26.1. The molecule has 178 valence electrons. The van der Waals surface area contributed by atoms with Gasteiger partial charge in [0.25, 0.3) is 0 Å². The van der Waals surface area contributed by atoms with Crippen molar-refractivity contribution < 1.29 is 19.1 Å². The lowest BCUT2D eigenvalue weighted by Crippen LogP contribution is -2.45. The van der Waals surface area contributed by atoms with Crippen molar-refractivity contribution in [3.05, 3.63) is 35.9 Å². The topological polar surface area (TPSA) is 87.7 Å². The summed E-state index contributed by atoms with van der Waals surface area (Å²) in [6.45, 7) is 3.81. The SMILES string of the molecule is Cl.O=C(CCNC(=O)[C@@H]1CCCN(C(=O)CCC2CCNCC2)C1)OCc1ccccc1. The van der Waals surface area contributed by atoms with E-state index in [2.05, 4.69) is 10.6 Å². The van der Waals surface area contributed by atoms with Crippen molar-refractivity contribution in [2.24, 2.45) is 11.8 Å². The predicted molar refractivity (Wildman–Crippen MR) is 125 cm³/mol. The minimum atomic E-state index is -0.331. The van der Waals surface area contributed by atoms with Gasteiger partial charge in [-0.1, -0.05) is 30.3 Å². The highest BCUT2D eigenvalue weighted by Gasteiger charge is 2.28. The van der Waals surface area contributed by atoms with Gasteiger partial charge in [0.15, 0.2) is 0 Å². The molecule has 1 atom stereocenters. The van der Waals surface area contributed by atoms with Crippen LogP contribution in [0.5, 0.6) is 0 Å². The number of likely N-dealkylation sites (tertiary alicyclic amines) is 1. The Labute approximate surface area is 197 Å². The second-order valence-electron chi connectivity index (χ2n) is 8.60. The molecule has 2 saturated heterocycles. The molecule has 0 spiro atoms. The molecule has 2 aliphatic rings. The van der Waals surface area contributed by atoms with Crippen LogP contribution in [0.4, 0.5) is 0 Å². The van der Waals surface area contributed by atoms with E-state index in [0.29, 0.717) is 18.9 Å². The molecule has 2 heterocycles. The fourth-order valence-electron chi connectivity index (χ4n) is 4.32. The van der Waals surface area contributed by atoms with Gasteiger partial charge in [-0.05, 0) is 56.7 Å². The van der Waals surface area contributed by atoms with Gasteiger partial charge in [-0.2, -0.15) is 0 Å². The number of ether oxygens (including phenoxy) is 1. The van der Waals surface area contributed by atoms with E-state index in [9.17, 15) is 14.4 Å². The summed E-state index contributed by atoms with van der Waals surface area (Å²) in [4.78, 5) is 38.9. The summed E-state index contributed by atoms with van der Waals surface area (Å²) in [5, 5.41) is 6.19. The highest BCUT2D eigenvalue weighted by atomic mass is 35.5. The Balaban J connectivity index is 0.00000363. The molecule has 2 fully saturated rings. The van der Waals surface area contributed by atoms with Crippen LogP contribution in [0.15, 0.2) is 30.3 Å². The zero-order chi connectivity index (χ0) is 21.9. The Bertz CT molecular complexity index is 725. The number of halogens is 1. The standard InChI is InChI=1S/C24H35N3O4.ClH/c28-22(9-8-19-10-13-25-14-11-19)27-16-4-7-21(17-27)24(30)26-15-12-23(29)31-18-20-5-2-1-3-6-20;/h1-3,5-6,19,21,25H,4,7-18H2,(H,26,30);1H/t21-;/m1./s1. The molecular formula is C24H36ClN3O4. The Morgan fingerprint density at radius 1 is 1.06 bits per heavy atom. The Morgan fingerprint density at radius 3 is 2.56 bits per heavy atom. The van der Waals surface area contributed by atoms with Gasteiger partial charge in [-0.15, -0.1) is 12.4 Å². The van der Waals surface area contributed by atoms with Gasteiger partial charge in [0.1, 0.15) is 6.61 Å². The van der Waals surface area contributed by atoms with Crippen LogP contribution in [0.25, 0.3) is 0 Å². The molecule has 2 aliphatic heterocycles. The molecule has 2 amide bonds. The number of hydrogen-bond donors (Lipinski definition) is 2. The van der Waals surface area contributed by atoms with Crippen molar-refractivity contribution in [2.75, 3.05) is 32.7 Å². The second-order valence-corrected chi connectivity index (χ2v) is 8.60. The third-order valence-corrected chi connectivity index (χ3v) is 6.24. The van der Waals surface area contributed by atoms with E-state index in [1.165, 1.54) is 0 Å². The van der Waals surface area contributed by atoms with Crippen molar-refractivity contribution in [1.29, 1.82) is 0 Å². The van der Waals surface area contributed by atoms with Crippen LogP contribution in [-0.4, -0.2) is 55.4 Å². The molecule has 1 aromatic carbocycles.